The summed E-state index contributed by atoms with van der Waals surface area (Å²) < 4.78 is 36.4. The molecule has 1 aromatic rings. The number of sulfonamides is 1. The van der Waals surface area contributed by atoms with Crippen LogP contribution in [0.25, 0.3) is 0 Å². The van der Waals surface area contributed by atoms with Gasteiger partial charge in [-0.1, -0.05) is 30.3 Å². The molecule has 0 radical (unpaired) electrons. The van der Waals surface area contributed by atoms with E-state index < -0.39 is 21.2 Å². The van der Waals surface area contributed by atoms with Crippen molar-refractivity contribution in [2.45, 2.75) is 5.25 Å². The van der Waals surface area contributed by atoms with Crippen LogP contribution in [0.3, 0.4) is 0 Å². The van der Waals surface area contributed by atoms with Crippen molar-refractivity contribution in [2.75, 3.05) is 33.4 Å². The highest BCUT2D eigenvalue weighted by Crippen LogP contribution is 2.27. The van der Waals surface area contributed by atoms with Crippen molar-refractivity contribution in [2.24, 2.45) is 0 Å². The van der Waals surface area contributed by atoms with E-state index in [4.69, 9.17) is 4.74 Å². The van der Waals surface area contributed by atoms with Crippen molar-refractivity contribution in [3.63, 3.8) is 0 Å². The fraction of sp³-hybridized carbons (Fsp3) is 0.462. The van der Waals surface area contributed by atoms with E-state index in [1.165, 1.54) is 11.4 Å². The summed E-state index contributed by atoms with van der Waals surface area (Å²) in [5.74, 6) is -0.775. The third kappa shape index (κ3) is 3.00. The molecule has 2 rings (SSSR count). The fourth-order valence-corrected chi connectivity index (χ4v) is 3.91. The summed E-state index contributed by atoms with van der Waals surface area (Å²) in [6.07, 6.45) is 0. The first kappa shape index (κ1) is 15.0. The van der Waals surface area contributed by atoms with Gasteiger partial charge >= 0.3 is 5.97 Å². The lowest BCUT2D eigenvalue weighted by Crippen LogP contribution is -2.44. The van der Waals surface area contributed by atoms with Crippen molar-refractivity contribution < 1.29 is 22.7 Å². The van der Waals surface area contributed by atoms with E-state index in [1.54, 1.807) is 30.3 Å². The number of benzene rings is 1. The second kappa shape index (κ2) is 6.34. The quantitative estimate of drug-likeness (QED) is 0.760. The summed E-state index contributed by atoms with van der Waals surface area (Å²) >= 11 is 0. The van der Waals surface area contributed by atoms with Crippen LogP contribution in [0.15, 0.2) is 30.3 Å². The topological polar surface area (TPSA) is 72.9 Å². The minimum absolute atomic E-state index is 0.253. The number of carbonyl (C=O) groups excluding carboxylic acids is 1. The maximum Gasteiger partial charge on any atom is 0.330 e. The molecule has 20 heavy (non-hydrogen) atoms. The van der Waals surface area contributed by atoms with Gasteiger partial charge in [-0.05, 0) is 5.56 Å². The molecule has 1 aliphatic heterocycles. The Bertz CT molecular complexity index is 551. The SMILES string of the molecule is COC(=O)[C@H](c1ccccc1)S(=O)(=O)N1CCOCC1. The molecule has 1 aromatic carbocycles. The molecular weight excluding hydrogens is 282 g/mol. The lowest BCUT2D eigenvalue weighted by atomic mass is 10.1. The highest BCUT2D eigenvalue weighted by atomic mass is 32.2. The maximum absolute atomic E-state index is 12.7. The van der Waals surface area contributed by atoms with Gasteiger partial charge in [0.1, 0.15) is 0 Å². The second-order valence-corrected chi connectivity index (χ2v) is 6.39. The number of carbonyl (C=O) groups is 1. The smallest absolute Gasteiger partial charge is 0.330 e. The van der Waals surface area contributed by atoms with Crippen LogP contribution in [0.2, 0.25) is 0 Å². The summed E-state index contributed by atoms with van der Waals surface area (Å²) in [6.45, 7) is 1.18. The fourth-order valence-electron chi connectivity index (χ4n) is 2.11. The molecule has 0 bridgehead atoms. The van der Waals surface area contributed by atoms with Crippen molar-refractivity contribution in [3.05, 3.63) is 35.9 Å². The van der Waals surface area contributed by atoms with Crippen LogP contribution in [-0.4, -0.2) is 52.1 Å². The lowest BCUT2D eigenvalue weighted by molar-refractivity contribution is -0.140. The van der Waals surface area contributed by atoms with E-state index in [2.05, 4.69) is 4.74 Å². The number of hydrogen-bond acceptors (Lipinski definition) is 5. The standard InChI is InChI=1S/C13H17NO5S/c1-18-13(15)12(11-5-3-2-4-6-11)20(16,17)14-7-9-19-10-8-14/h2-6,12H,7-10H2,1H3/t12-/m0/s1. The third-order valence-corrected chi connectivity index (χ3v) is 5.29. The molecule has 1 atom stereocenters. The normalized spacial score (nSPS) is 18.4. The number of esters is 1. The van der Waals surface area contributed by atoms with E-state index in [0.29, 0.717) is 18.8 Å². The van der Waals surface area contributed by atoms with Gasteiger partial charge in [-0.25, -0.2) is 8.42 Å². The van der Waals surface area contributed by atoms with E-state index in [1.807, 2.05) is 0 Å². The van der Waals surface area contributed by atoms with Gasteiger partial charge < -0.3 is 9.47 Å². The Balaban J connectivity index is 2.38. The zero-order chi connectivity index (χ0) is 14.6. The first-order valence-electron chi connectivity index (χ1n) is 6.27. The van der Waals surface area contributed by atoms with Crippen molar-refractivity contribution in [1.29, 1.82) is 0 Å². The van der Waals surface area contributed by atoms with Gasteiger partial charge in [0, 0.05) is 13.1 Å². The molecule has 110 valence electrons. The molecule has 1 saturated heterocycles. The largest absolute Gasteiger partial charge is 0.468 e. The molecule has 7 heteroatoms. The average Bonchev–Trinajstić information content (AvgIpc) is 2.49. The number of ether oxygens (including phenoxy) is 2. The minimum atomic E-state index is -3.81. The molecule has 0 unspecified atom stereocenters. The number of nitrogens with zero attached hydrogens (tertiary/aromatic N) is 1. The summed E-state index contributed by atoms with van der Waals surface area (Å²) in [6, 6.07) is 8.37. The number of morpholine rings is 1. The maximum atomic E-state index is 12.7. The van der Waals surface area contributed by atoms with Crippen molar-refractivity contribution in [3.8, 4) is 0 Å². The molecule has 0 saturated carbocycles. The molecule has 0 amide bonds. The molecular formula is C13H17NO5S. The molecule has 0 aromatic heterocycles. The molecule has 0 spiro atoms. The predicted octanol–water partition coefficient (Wildman–Crippen LogP) is 0.563. The zero-order valence-electron chi connectivity index (χ0n) is 11.2. The van der Waals surface area contributed by atoms with E-state index >= 15 is 0 Å². The summed E-state index contributed by atoms with van der Waals surface area (Å²) in [5.41, 5.74) is 0.408. The molecule has 0 N–H and O–H groups in total. The average molecular weight is 299 g/mol. The third-order valence-electron chi connectivity index (χ3n) is 3.15. The van der Waals surface area contributed by atoms with Gasteiger partial charge in [0.15, 0.2) is 5.25 Å². The van der Waals surface area contributed by atoms with Gasteiger partial charge in [-0.2, -0.15) is 4.31 Å². The number of methoxy groups -OCH3 is 1. The lowest BCUT2D eigenvalue weighted by Gasteiger charge is -2.29. The Morgan fingerprint density at radius 1 is 1.25 bits per heavy atom. The van der Waals surface area contributed by atoms with Crippen LogP contribution in [0.1, 0.15) is 10.8 Å². The Morgan fingerprint density at radius 3 is 2.40 bits per heavy atom. The van der Waals surface area contributed by atoms with Crippen LogP contribution < -0.4 is 0 Å². The van der Waals surface area contributed by atoms with Crippen LogP contribution >= 0.6 is 0 Å². The monoisotopic (exact) mass is 299 g/mol. The first-order chi connectivity index (χ1) is 9.57. The van der Waals surface area contributed by atoms with Crippen LogP contribution in [0.4, 0.5) is 0 Å². The summed E-state index contributed by atoms with van der Waals surface area (Å²) in [4.78, 5) is 11.9. The molecule has 1 heterocycles. The van der Waals surface area contributed by atoms with Gasteiger partial charge in [0.25, 0.3) is 0 Å². The zero-order valence-corrected chi connectivity index (χ0v) is 12.0. The van der Waals surface area contributed by atoms with E-state index in [-0.39, 0.29) is 13.1 Å². The molecule has 1 aliphatic rings. The Kier molecular flexibility index (Phi) is 4.74. The Labute approximate surface area is 118 Å². The molecule has 0 aliphatic carbocycles. The summed E-state index contributed by atoms with van der Waals surface area (Å²) in [7, 11) is -2.62. The van der Waals surface area contributed by atoms with Crippen molar-refractivity contribution in [1.82, 2.24) is 4.31 Å². The van der Waals surface area contributed by atoms with Crippen molar-refractivity contribution >= 4 is 16.0 Å². The van der Waals surface area contributed by atoms with Gasteiger partial charge in [-0.15, -0.1) is 0 Å². The van der Waals surface area contributed by atoms with E-state index in [0.717, 1.165) is 0 Å². The Morgan fingerprint density at radius 2 is 1.85 bits per heavy atom. The van der Waals surface area contributed by atoms with Gasteiger partial charge in [-0.3, -0.25) is 4.79 Å². The minimum Gasteiger partial charge on any atom is -0.468 e. The van der Waals surface area contributed by atoms with E-state index in [9.17, 15) is 13.2 Å². The highest BCUT2D eigenvalue weighted by molar-refractivity contribution is 7.90. The van der Waals surface area contributed by atoms with Crippen LogP contribution in [0, 0.1) is 0 Å². The second-order valence-electron chi connectivity index (χ2n) is 4.37. The number of rotatable bonds is 4. The van der Waals surface area contributed by atoms with Gasteiger partial charge in [0.2, 0.25) is 10.0 Å². The van der Waals surface area contributed by atoms with Crippen LogP contribution in [-0.2, 0) is 24.3 Å². The van der Waals surface area contributed by atoms with Crippen LogP contribution in [0.5, 0.6) is 0 Å². The molecule has 6 nitrogen and oxygen atoms in total. The number of hydrogen-bond donors (Lipinski definition) is 0. The molecule has 1 fully saturated rings. The predicted molar refractivity (Wildman–Crippen MR) is 72.5 cm³/mol. The first-order valence-corrected chi connectivity index (χ1v) is 7.77. The highest BCUT2D eigenvalue weighted by Gasteiger charge is 2.40. The van der Waals surface area contributed by atoms with Gasteiger partial charge in [0.05, 0.1) is 20.3 Å². The summed E-state index contributed by atoms with van der Waals surface area (Å²) in [5, 5.41) is -1.33. The Hall–Kier alpha value is -1.44.